The molecule has 3 aromatic carbocycles. The summed E-state index contributed by atoms with van der Waals surface area (Å²) in [5.74, 6) is 0.515. The number of anilines is 4. The smallest absolute Gasteiger partial charge is 0.406 e. The molecular weight excluding hydrogens is 537 g/mol. The van der Waals surface area contributed by atoms with E-state index in [0.717, 1.165) is 11.3 Å². The van der Waals surface area contributed by atoms with Crippen molar-refractivity contribution in [2.24, 2.45) is 0 Å². The number of benzene rings is 3. The zero-order valence-corrected chi connectivity index (χ0v) is 21.6. The lowest BCUT2D eigenvalue weighted by molar-refractivity contribution is -0.274. The van der Waals surface area contributed by atoms with Gasteiger partial charge >= 0.3 is 6.36 Å². The van der Waals surface area contributed by atoms with Crippen LogP contribution in [0.15, 0.2) is 95.6 Å². The maximum atomic E-state index is 12.4. The highest BCUT2D eigenvalue weighted by Gasteiger charge is 2.31. The molecule has 41 heavy (non-hydrogen) atoms. The van der Waals surface area contributed by atoms with Gasteiger partial charge in [-0.05, 0) is 85.3 Å². The van der Waals surface area contributed by atoms with Gasteiger partial charge in [-0.3, -0.25) is 4.79 Å². The number of pyridine rings is 1. The fourth-order valence-electron chi connectivity index (χ4n) is 3.82. The number of nitrogens with one attached hydrogen (secondary N) is 3. The molecule has 9 nitrogen and oxygen atoms in total. The van der Waals surface area contributed by atoms with E-state index in [0.29, 0.717) is 34.1 Å². The molecule has 1 amide bonds. The number of carbonyl (C=O) groups is 1. The normalized spacial score (nSPS) is 11.1. The van der Waals surface area contributed by atoms with Crippen molar-refractivity contribution in [1.82, 2.24) is 15.1 Å². The van der Waals surface area contributed by atoms with Crippen molar-refractivity contribution in [3.05, 3.63) is 96.7 Å². The summed E-state index contributed by atoms with van der Waals surface area (Å²) >= 11 is 0. The molecule has 0 atom stereocenters. The predicted molar refractivity (Wildman–Crippen MR) is 148 cm³/mol. The fourth-order valence-corrected chi connectivity index (χ4v) is 3.82. The molecular formula is C29H23F3N6O3. The van der Waals surface area contributed by atoms with Crippen LogP contribution in [0, 0.1) is 6.92 Å². The van der Waals surface area contributed by atoms with Crippen LogP contribution >= 0.6 is 0 Å². The maximum absolute atomic E-state index is 12.4. The summed E-state index contributed by atoms with van der Waals surface area (Å²) in [5, 5.41) is 13.0. The van der Waals surface area contributed by atoms with Crippen LogP contribution in [-0.4, -0.2) is 33.9 Å². The topological polar surface area (TPSA) is 114 Å². The van der Waals surface area contributed by atoms with Crippen LogP contribution in [0.5, 0.6) is 5.75 Å². The zero-order chi connectivity index (χ0) is 28.8. The highest BCUT2D eigenvalue weighted by Crippen LogP contribution is 2.27. The number of carbonyl (C=O) groups excluding carboxylic acids is 1. The molecule has 12 heteroatoms. The van der Waals surface area contributed by atoms with Gasteiger partial charge in [0.15, 0.2) is 0 Å². The molecule has 2 heterocycles. The second kappa shape index (κ2) is 11.8. The van der Waals surface area contributed by atoms with Crippen molar-refractivity contribution < 1.29 is 27.2 Å². The summed E-state index contributed by atoms with van der Waals surface area (Å²) in [4.78, 5) is 21.0. The Morgan fingerprint density at radius 2 is 1.66 bits per heavy atom. The molecule has 0 aliphatic heterocycles. The van der Waals surface area contributed by atoms with Gasteiger partial charge in [-0.25, -0.2) is 4.98 Å². The van der Waals surface area contributed by atoms with Crippen LogP contribution in [-0.2, 0) is 4.79 Å². The van der Waals surface area contributed by atoms with Gasteiger partial charge < -0.3 is 25.2 Å². The van der Waals surface area contributed by atoms with Crippen LogP contribution in [0.3, 0.4) is 0 Å². The van der Waals surface area contributed by atoms with E-state index in [1.54, 1.807) is 42.6 Å². The Morgan fingerprint density at radius 3 is 2.39 bits per heavy atom. The largest absolute Gasteiger partial charge is 0.573 e. The van der Waals surface area contributed by atoms with Crippen molar-refractivity contribution in [3.63, 3.8) is 0 Å². The Morgan fingerprint density at radius 1 is 0.902 bits per heavy atom. The summed E-state index contributed by atoms with van der Waals surface area (Å²) in [6.45, 7) is 2.11. The monoisotopic (exact) mass is 560 g/mol. The molecule has 2 aromatic heterocycles. The number of amides is 1. The highest BCUT2D eigenvalue weighted by molar-refractivity contribution is 5.94. The van der Waals surface area contributed by atoms with Crippen molar-refractivity contribution in [2.45, 2.75) is 13.3 Å². The van der Waals surface area contributed by atoms with Gasteiger partial charge in [0, 0.05) is 34.4 Å². The molecule has 0 saturated heterocycles. The number of hydrogen-bond donors (Lipinski definition) is 3. The van der Waals surface area contributed by atoms with E-state index in [2.05, 4.69) is 35.8 Å². The molecule has 0 aliphatic rings. The molecule has 0 radical (unpaired) electrons. The summed E-state index contributed by atoms with van der Waals surface area (Å²) in [7, 11) is 0. The first-order valence-corrected chi connectivity index (χ1v) is 12.3. The average Bonchev–Trinajstić information content (AvgIpc) is 3.44. The average molecular weight is 561 g/mol. The quantitative estimate of drug-likeness (QED) is 0.180. The molecule has 0 spiro atoms. The highest BCUT2D eigenvalue weighted by atomic mass is 19.4. The van der Waals surface area contributed by atoms with E-state index in [4.69, 9.17) is 4.52 Å². The first-order valence-electron chi connectivity index (χ1n) is 12.3. The Balaban J connectivity index is 1.19. The fraction of sp³-hybridized carbons (Fsp3) is 0.103. The second-order valence-electron chi connectivity index (χ2n) is 8.90. The SMILES string of the molecule is Cc1cccc(NCC(=O)Nc2ccc(-c3nc(-c4ccnc(Nc5ccc(OC(F)(F)F)cc5)c4)no3)cc2)c1. The minimum absolute atomic E-state index is 0.124. The van der Waals surface area contributed by atoms with Gasteiger partial charge in [0.25, 0.3) is 5.89 Å². The van der Waals surface area contributed by atoms with Crippen molar-refractivity contribution >= 4 is 28.8 Å². The minimum atomic E-state index is -4.76. The van der Waals surface area contributed by atoms with Crippen molar-refractivity contribution in [2.75, 3.05) is 22.5 Å². The van der Waals surface area contributed by atoms with Crippen LogP contribution < -0.4 is 20.7 Å². The van der Waals surface area contributed by atoms with Gasteiger partial charge in [0.05, 0.1) is 6.54 Å². The number of aromatic nitrogens is 3. The number of nitrogens with zero attached hydrogens (tertiary/aromatic N) is 3. The molecule has 0 aliphatic carbocycles. The van der Waals surface area contributed by atoms with Gasteiger partial charge in [-0.2, -0.15) is 4.98 Å². The van der Waals surface area contributed by atoms with Gasteiger partial charge in [0.2, 0.25) is 11.7 Å². The lowest BCUT2D eigenvalue weighted by atomic mass is 10.2. The molecule has 5 aromatic rings. The van der Waals surface area contributed by atoms with Crippen LogP contribution in [0.4, 0.5) is 36.1 Å². The van der Waals surface area contributed by atoms with Gasteiger partial charge in [-0.1, -0.05) is 17.3 Å². The number of ether oxygens (including phenoxy) is 1. The Kier molecular flexibility index (Phi) is 7.81. The number of aryl methyl sites for hydroxylation is 1. The van der Waals surface area contributed by atoms with Gasteiger partial charge in [-0.15, -0.1) is 13.2 Å². The molecule has 0 fully saturated rings. The molecule has 5 rings (SSSR count). The zero-order valence-electron chi connectivity index (χ0n) is 21.6. The van der Waals surface area contributed by atoms with E-state index >= 15 is 0 Å². The van der Waals surface area contributed by atoms with E-state index in [9.17, 15) is 18.0 Å². The van der Waals surface area contributed by atoms with Crippen LogP contribution in [0.25, 0.3) is 22.8 Å². The lowest BCUT2D eigenvalue weighted by Gasteiger charge is -2.10. The van der Waals surface area contributed by atoms with E-state index in [1.807, 2.05) is 31.2 Å². The Hall–Kier alpha value is -5.39. The molecule has 3 N–H and O–H groups in total. The van der Waals surface area contributed by atoms with E-state index in [-0.39, 0.29) is 24.1 Å². The van der Waals surface area contributed by atoms with Crippen LogP contribution in [0.1, 0.15) is 5.56 Å². The summed E-state index contributed by atoms with van der Waals surface area (Å²) in [6.07, 6.45) is -3.22. The molecule has 0 unspecified atom stereocenters. The molecule has 0 bridgehead atoms. The van der Waals surface area contributed by atoms with Crippen molar-refractivity contribution in [1.29, 1.82) is 0 Å². The number of alkyl halides is 3. The molecule has 208 valence electrons. The second-order valence-corrected chi connectivity index (χ2v) is 8.90. The van der Waals surface area contributed by atoms with E-state index < -0.39 is 6.36 Å². The Bertz CT molecular complexity index is 1640. The number of rotatable bonds is 9. The Labute approximate surface area is 232 Å². The first kappa shape index (κ1) is 27.2. The first-order chi connectivity index (χ1) is 19.7. The third kappa shape index (κ3) is 7.60. The van der Waals surface area contributed by atoms with Crippen molar-refractivity contribution in [3.8, 4) is 28.6 Å². The standard InChI is InChI=1S/C29H23F3N6O3/c1-18-3-2-4-23(15-18)34-17-26(39)36-22-7-5-19(6-8-22)28-37-27(38-41-28)20-13-14-33-25(16-20)35-21-9-11-24(12-10-21)40-29(30,31)32/h2-16,34H,17H2,1H3,(H,33,35)(H,36,39). The van der Waals surface area contributed by atoms with E-state index in [1.165, 1.54) is 24.3 Å². The third-order valence-electron chi connectivity index (χ3n) is 5.69. The summed E-state index contributed by atoms with van der Waals surface area (Å²) in [6, 6.07) is 23.4. The maximum Gasteiger partial charge on any atom is 0.573 e. The minimum Gasteiger partial charge on any atom is -0.406 e. The third-order valence-corrected chi connectivity index (χ3v) is 5.69. The summed E-state index contributed by atoms with van der Waals surface area (Å²) in [5.41, 5.74) is 4.37. The lowest BCUT2D eigenvalue weighted by Crippen LogP contribution is -2.21. The predicted octanol–water partition coefficient (Wildman–Crippen LogP) is 6.80. The summed E-state index contributed by atoms with van der Waals surface area (Å²) < 4.78 is 46.4. The molecule has 0 saturated carbocycles. The number of halogens is 3. The number of hydrogen-bond acceptors (Lipinski definition) is 8. The van der Waals surface area contributed by atoms with Crippen LogP contribution in [0.2, 0.25) is 0 Å². The van der Waals surface area contributed by atoms with Gasteiger partial charge in [0.1, 0.15) is 11.6 Å².